The number of aryl methyl sites for hydroxylation is 1. The van der Waals surface area contributed by atoms with Crippen molar-refractivity contribution >= 4 is 15.7 Å². The molecule has 0 unspecified atom stereocenters. The van der Waals surface area contributed by atoms with E-state index >= 15 is 0 Å². The minimum absolute atomic E-state index is 0.189. The average Bonchev–Trinajstić information content (AvgIpc) is 3.01. The van der Waals surface area contributed by atoms with E-state index in [4.69, 9.17) is 0 Å². The summed E-state index contributed by atoms with van der Waals surface area (Å²) in [5.74, 6) is 0. The van der Waals surface area contributed by atoms with Crippen LogP contribution in [0.25, 0.3) is 0 Å². The van der Waals surface area contributed by atoms with E-state index in [0.717, 1.165) is 56.3 Å². The summed E-state index contributed by atoms with van der Waals surface area (Å²) < 4.78 is 27.6. The molecule has 1 saturated carbocycles. The normalized spacial score (nSPS) is 19.5. The van der Waals surface area contributed by atoms with E-state index in [2.05, 4.69) is 5.32 Å². The number of benzene rings is 1. The molecule has 3 rings (SSSR count). The molecule has 0 saturated heterocycles. The predicted molar refractivity (Wildman–Crippen MR) is 85.1 cm³/mol. The van der Waals surface area contributed by atoms with Crippen molar-refractivity contribution < 1.29 is 8.42 Å². The summed E-state index contributed by atoms with van der Waals surface area (Å²) in [7, 11) is -3.36. The third kappa shape index (κ3) is 2.81. The highest BCUT2D eigenvalue weighted by Gasteiger charge is 2.32. The lowest BCUT2D eigenvalue weighted by Gasteiger charge is -2.27. The minimum Gasteiger partial charge on any atom is -0.385 e. The molecule has 1 fully saturated rings. The summed E-state index contributed by atoms with van der Waals surface area (Å²) in [6.45, 7) is 3.47. The maximum atomic E-state index is 12.9. The number of nitrogens with one attached hydrogen (secondary N) is 1. The quantitative estimate of drug-likeness (QED) is 0.930. The second-order valence-corrected chi connectivity index (χ2v) is 7.89. The van der Waals surface area contributed by atoms with Gasteiger partial charge in [-0.2, -0.15) is 4.31 Å². The predicted octanol–water partition coefficient (Wildman–Crippen LogP) is 3.00. The molecule has 1 heterocycles. The first-order chi connectivity index (χ1) is 10.1. The lowest BCUT2D eigenvalue weighted by atomic mass is 10.0. The van der Waals surface area contributed by atoms with Gasteiger partial charge in [0.15, 0.2) is 0 Å². The molecule has 1 aromatic rings. The van der Waals surface area contributed by atoms with Crippen molar-refractivity contribution in [1.82, 2.24) is 4.31 Å². The highest BCUT2D eigenvalue weighted by atomic mass is 32.2. The van der Waals surface area contributed by atoms with E-state index < -0.39 is 10.0 Å². The number of fused-ring (bicyclic) bond motifs is 1. The fourth-order valence-electron chi connectivity index (χ4n) is 3.56. The first-order valence-electron chi connectivity index (χ1n) is 8.01. The maximum absolute atomic E-state index is 12.9. The molecular formula is C16H24N2O2S. The van der Waals surface area contributed by atoms with Gasteiger partial charge in [0.1, 0.15) is 0 Å². The van der Waals surface area contributed by atoms with Crippen LogP contribution in [-0.4, -0.2) is 31.9 Å². The van der Waals surface area contributed by atoms with Crippen LogP contribution in [0.15, 0.2) is 23.1 Å². The van der Waals surface area contributed by atoms with E-state index in [0.29, 0.717) is 11.4 Å². The van der Waals surface area contributed by atoms with E-state index in [1.54, 1.807) is 10.4 Å². The molecule has 0 spiro atoms. The largest absolute Gasteiger partial charge is 0.385 e. The van der Waals surface area contributed by atoms with Crippen LogP contribution in [-0.2, 0) is 16.4 Å². The fraction of sp³-hybridized carbons (Fsp3) is 0.625. The fourth-order valence-corrected chi connectivity index (χ4v) is 5.31. The Kier molecular flexibility index (Phi) is 4.22. The maximum Gasteiger partial charge on any atom is 0.243 e. The Morgan fingerprint density at radius 2 is 2.00 bits per heavy atom. The molecule has 1 aromatic carbocycles. The van der Waals surface area contributed by atoms with Gasteiger partial charge in [0.05, 0.1) is 4.90 Å². The SMILES string of the molecule is CCN(C1CCCC1)S(=O)(=O)c1ccc2c(c1)CCCN2. The minimum atomic E-state index is -3.36. The lowest BCUT2D eigenvalue weighted by molar-refractivity contribution is 0.335. The molecular weight excluding hydrogens is 284 g/mol. The van der Waals surface area contributed by atoms with Gasteiger partial charge in [0.25, 0.3) is 0 Å². The monoisotopic (exact) mass is 308 g/mol. The number of nitrogens with zero attached hydrogens (tertiary/aromatic N) is 1. The molecule has 21 heavy (non-hydrogen) atoms. The first kappa shape index (κ1) is 14.9. The Morgan fingerprint density at radius 3 is 2.71 bits per heavy atom. The van der Waals surface area contributed by atoms with Crippen molar-refractivity contribution in [2.75, 3.05) is 18.4 Å². The van der Waals surface area contributed by atoms with Crippen LogP contribution >= 0.6 is 0 Å². The summed E-state index contributed by atoms with van der Waals surface area (Å²) >= 11 is 0. The van der Waals surface area contributed by atoms with Crippen molar-refractivity contribution in [2.24, 2.45) is 0 Å². The Morgan fingerprint density at radius 1 is 1.24 bits per heavy atom. The molecule has 1 aliphatic carbocycles. The van der Waals surface area contributed by atoms with Crippen LogP contribution in [0.1, 0.15) is 44.6 Å². The molecule has 0 aromatic heterocycles. The summed E-state index contributed by atoms with van der Waals surface area (Å²) in [5, 5.41) is 3.33. The number of hydrogen-bond donors (Lipinski definition) is 1. The van der Waals surface area contributed by atoms with E-state index in [-0.39, 0.29) is 6.04 Å². The van der Waals surface area contributed by atoms with Crippen molar-refractivity contribution in [2.45, 2.75) is 56.4 Å². The topological polar surface area (TPSA) is 49.4 Å². The Hall–Kier alpha value is -1.07. The molecule has 0 amide bonds. The van der Waals surface area contributed by atoms with E-state index in [9.17, 15) is 8.42 Å². The van der Waals surface area contributed by atoms with Gasteiger partial charge in [-0.1, -0.05) is 19.8 Å². The van der Waals surface area contributed by atoms with Crippen molar-refractivity contribution in [3.8, 4) is 0 Å². The lowest BCUT2D eigenvalue weighted by Crippen LogP contribution is -2.38. The molecule has 4 nitrogen and oxygen atoms in total. The summed E-state index contributed by atoms with van der Waals surface area (Å²) in [6.07, 6.45) is 6.31. The number of anilines is 1. The Labute approximate surface area is 127 Å². The number of sulfonamides is 1. The van der Waals surface area contributed by atoms with Crippen LogP contribution < -0.4 is 5.32 Å². The molecule has 116 valence electrons. The van der Waals surface area contributed by atoms with Crippen molar-refractivity contribution in [3.05, 3.63) is 23.8 Å². The van der Waals surface area contributed by atoms with Gasteiger partial charge in [-0.15, -0.1) is 0 Å². The third-order valence-corrected chi connectivity index (χ3v) is 6.69. The highest BCUT2D eigenvalue weighted by Crippen LogP contribution is 2.31. The van der Waals surface area contributed by atoms with Crippen LogP contribution in [0.5, 0.6) is 0 Å². The van der Waals surface area contributed by atoms with Gasteiger partial charge in [0.2, 0.25) is 10.0 Å². The molecule has 0 radical (unpaired) electrons. The van der Waals surface area contributed by atoms with Gasteiger partial charge < -0.3 is 5.32 Å². The Balaban J connectivity index is 1.93. The molecule has 1 N–H and O–H groups in total. The second kappa shape index (κ2) is 5.97. The number of hydrogen-bond acceptors (Lipinski definition) is 3. The zero-order valence-electron chi connectivity index (χ0n) is 12.6. The smallest absolute Gasteiger partial charge is 0.243 e. The second-order valence-electron chi connectivity index (χ2n) is 6.00. The van der Waals surface area contributed by atoms with E-state index in [1.165, 1.54) is 0 Å². The van der Waals surface area contributed by atoms with Crippen LogP contribution in [0.3, 0.4) is 0 Å². The van der Waals surface area contributed by atoms with Crippen molar-refractivity contribution in [3.63, 3.8) is 0 Å². The standard InChI is InChI=1S/C16H24N2O2S/c1-2-18(14-7-3-4-8-14)21(19,20)15-9-10-16-13(12-15)6-5-11-17-16/h9-10,12,14,17H,2-8,11H2,1H3. The van der Waals surface area contributed by atoms with Crippen molar-refractivity contribution in [1.29, 1.82) is 0 Å². The van der Waals surface area contributed by atoms with E-state index in [1.807, 2.05) is 19.1 Å². The van der Waals surface area contributed by atoms with Crippen LogP contribution in [0.2, 0.25) is 0 Å². The van der Waals surface area contributed by atoms with Crippen LogP contribution in [0.4, 0.5) is 5.69 Å². The zero-order chi connectivity index (χ0) is 14.9. The zero-order valence-corrected chi connectivity index (χ0v) is 13.5. The summed E-state index contributed by atoms with van der Waals surface area (Å²) in [5.41, 5.74) is 2.22. The molecule has 2 aliphatic rings. The first-order valence-corrected chi connectivity index (χ1v) is 9.45. The van der Waals surface area contributed by atoms with Gasteiger partial charge in [-0.25, -0.2) is 8.42 Å². The Bertz CT molecular complexity index is 607. The molecule has 1 aliphatic heterocycles. The summed E-state index contributed by atoms with van der Waals surface area (Å²) in [6, 6.07) is 5.73. The average molecular weight is 308 g/mol. The summed E-state index contributed by atoms with van der Waals surface area (Å²) in [4.78, 5) is 0.457. The van der Waals surface area contributed by atoms with Gasteiger partial charge in [-0.3, -0.25) is 0 Å². The van der Waals surface area contributed by atoms with Gasteiger partial charge >= 0.3 is 0 Å². The third-order valence-electron chi connectivity index (χ3n) is 4.67. The number of rotatable bonds is 4. The highest BCUT2D eigenvalue weighted by molar-refractivity contribution is 7.89. The van der Waals surface area contributed by atoms with Gasteiger partial charge in [0, 0.05) is 24.8 Å². The molecule has 5 heteroatoms. The molecule has 0 atom stereocenters. The van der Waals surface area contributed by atoms with Crippen LogP contribution in [0, 0.1) is 0 Å². The molecule has 0 bridgehead atoms. The van der Waals surface area contributed by atoms with Gasteiger partial charge in [-0.05, 0) is 49.4 Å².